The molecule has 136 valence electrons. The average Bonchev–Trinajstić information content (AvgIpc) is 3.09. The third-order valence-corrected chi connectivity index (χ3v) is 4.23. The summed E-state index contributed by atoms with van der Waals surface area (Å²) in [6.45, 7) is -0.0764. The zero-order valence-corrected chi connectivity index (χ0v) is 14.0. The first-order valence-electron chi connectivity index (χ1n) is 8.15. The van der Waals surface area contributed by atoms with E-state index in [0.717, 1.165) is 0 Å². The molecule has 4 rings (SSSR count). The average molecular weight is 368 g/mol. The van der Waals surface area contributed by atoms with Crippen LogP contribution in [0.5, 0.6) is 0 Å². The molecule has 2 aromatic heterocycles. The molecule has 0 aliphatic heterocycles. The minimum absolute atomic E-state index is 0.0764. The third kappa shape index (κ3) is 3.22. The van der Waals surface area contributed by atoms with Gasteiger partial charge in [-0.3, -0.25) is 9.36 Å². The molecule has 0 fully saturated rings. The molecule has 6 nitrogen and oxygen atoms in total. The normalized spacial score (nSPS) is 12.4. The van der Waals surface area contributed by atoms with Gasteiger partial charge in [0.25, 0.3) is 5.56 Å². The summed E-state index contributed by atoms with van der Waals surface area (Å²) >= 11 is 0. The molecule has 0 aliphatic carbocycles. The fraction of sp³-hybridized carbons (Fsp3) is 0.105. The van der Waals surface area contributed by atoms with Crippen molar-refractivity contribution in [1.29, 1.82) is 0 Å². The summed E-state index contributed by atoms with van der Waals surface area (Å²) in [6, 6.07) is 11.2. The van der Waals surface area contributed by atoms with Gasteiger partial charge >= 0.3 is 0 Å². The van der Waals surface area contributed by atoms with Gasteiger partial charge in [0.2, 0.25) is 0 Å². The largest absolute Gasteiger partial charge is 0.387 e. The van der Waals surface area contributed by atoms with Crippen molar-refractivity contribution < 1.29 is 13.9 Å². The second-order valence-electron chi connectivity index (χ2n) is 6.04. The Bertz CT molecular complexity index is 1170. The highest BCUT2D eigenvalue weighted by molar-refractivity contribution is 5.74. The molecule has 8 heteroatoms. The van der Waals surface area contributed by atoms with Crippen LogP contribution in [-0.4, -0.2) is 24.4 Å². The van der Waals surface area contributed by atoms with Crippen molar-refractivity contribution in [3.63, 3.8) is 0 Å². The first kappa shape index (κ1) is 17.0. The lowest BCUT2D eigenvalue weighted by Crippen LogP contribution is -2.23. The van der Waals surface area contributed by atoms with E-state index in [2.05, 4.69) is 10.1 Å². The van der Waals surface area contributed by atoms with Crippen molar-refractivity contribution in [1.82, 2.24) is 19.3 Å². The van der Waals surface area contributed by atoms with Gasteiger partial charge in [-0.2, -0.15) is 5.10 Å². The van der Waals surface area contributed by atoms with Gasteiger partial charge in [-0.05, 0) is 42.0 Å². The Kier molecular flexibility index (Phi) is 4.25. The van der Waals surface area contributed by atoms with E-state index in [1.165, 1.54) is 64.2 Å². The molecule has 0 bridgehead atoms. The Morgan fingerprint density at radius 1 is 1.07 bits per heavy atom. The van der Waals surface area contributed by atoms with E-state index < -0.39 is 11.9 Å². The van der Waals surface area contributed by atoms with Crippen LogP contribution in [0.3, 0.4) is 0 Å². The Morgan fingerprint density at radius 2 is 1.85 bits per heavy atom. The van der Waals surface area contributed by atoms with Gasteiger partial charge in [0, 0.05) is 0 Å². The number of nitrogens with zero attached hydrogens (tertiary/aromatic N) is 4. The number of hydrogen-bond donors (Lipinski definition) is 1. The molecule has 1 unspecified atom stereocenters. The summed E-state index contributed by atoms with van der Waals surface area (Å²) in [7, 11) is 0. The Balaban J connectivity index is 1.69. The standard InChI is InChI=1S/C19H14F2N4O2/c20-13-4-6-15(7-5-13)25-18-16(9-23-25)19(27)24(11-22-18)10-17(26)12-2-1-3-14(21)8-12/h1-9,11,17,26H,10H2. The molecule has 0 radical (unpaired) electrons. The van der Waals surface area contributed by atoms with Crippen LogP contribution in [0, 0.1) is 11.6 Å². The van der Waals surface area contributed by atoms with Gasteiger partial charge in [-0.15, -0.1) is 0 Å². The lowest BCUT2D eigenvalue weighted by atomic mass is 10.1. The highest BCUT2D eigenvalue weighted by Gasteiger charge is 2.15. The summed E-state index contributed by atoms with van der Waals surface area (Å²) < 4.78 is 29.1. The lowest BCUT2D eigenvalue weighted by Gasteiger charge is -2.13. The molecular weight excluding hydrogens is 354 g/mol. The zero-order chi connectivity index (χ0) is 19.0. The van der Waals surface area contributed by atoms with Crippen LogP contribution < -0.4 is 5.56 Å². The molecule has 2 heterocycles. The van der Waals surface area contributed by atoms with Crippen LogP contribution in [0.1, 0.15) is 11.7 Å². The minimum atomic E-state index is -1.07. The van der Waals surface area contributed by atoms with Crippen LogP contribution in [-0.2, 0) is 6.54 Å². The predicted octanol–water partition coefficient (Wildman–Crippen LogP) is 2.59. The van der Waals surface area contributed by atoms with E-state index in [1.54, 1.807) is 6.07 Å². The second kappa shape index (κ2) is 6.73. The molecule has 2 aromatic carbocycles. The maximum Gasteiger partial charge on any atom is 0.264 e. The van der Waals surface area contributed by atoms with E-state index in [4.69, 9.17) is 0 Å². The predicted molar refractivity (Wildman–Crippen MR) is 94.4 cm³/mol. The van der Waals surface area contributed by atoms with Gasteiger partial charge in [0.1, 0.15) is 23.3 Å². The van der Waals surface area contributed by atoms with Crippen molar-refractivity contribution in [2.24, 2.45) is 0 Å². The molecule has 1 atom stereocenters. The van der Waals surface area contributed by atoms with Gasteiger partial charge in [-0.25, -0.2) is 18.4 Å². The third-order valence-electron chi connectivity index (χ3n) is 4.23. The number of benzene rings is 2. The topological polar surface area (TPSA) is 72.9 Å². The van der Waals surface area contributed by atoms with E-state index in [1.807, 2.05) is 0 Å². The monoisotopic (exact) mass is 368 g/mol. The lowest BCUT2D eigenvalue weighted by molar-refractivity contribution is 0.154. The molecule has 27 heavy (non-hydrogen) atoms. The minimum Gasteiger partial charge on any atom is -0.387 e. The molecule has 0 saturated heterocycles. The molecular formula is C19H14F2N4O2. The highest BCUT2D eigenvalue weighted by atomic mass is 19.1. The maximum absolute atomic E-state index is 13.3. The van der Waals surface area contributed by atoms with E-state index in [0.29, 0.717) is 16.9 Å². The van der Waals surface area contributed by atoms with Crippen molar-refractivity contribution in [2.75, 3.05) is 0 Å². The van der Waals surface area contributed by atoms with Gasteiger partial charge in [-0.1, -0.05) is 12.1 Å². The number of aliphatic hydroxyl groups excluding tert-OH is 1. The number of rotatable bonds is 4. The van der Waals surface area contributed by atoms with Crippen LogP contribution in [0.15, 0.2) is 65.8 Å². The van der Waals surface area contributed by atoms with E-state index in [-0.39, 0.29) is 23.3 Å². The Hall–Kier alpha value is -3.39. The molecule has 0 aliphatic rings. The quantitative estimate of drug-likeness (QED) is 0.601. The smallest absolute Gasteiger partial charge is 0.264 e. The molecule has 1 N–H and O–H groups in total. The molecule has 0 spiro atoms. The van der Waals surface area contributed by atoms with Crippen LogP contribution in [0.25, 0.3) is 16.7 Å². The Labute approximate surface area is 152 Å². The van der Waals surface area contributed by atoms with Gasteiger partial charge in [0.15, 0.2) is 5.65 Å². The molecule has 0 saturated carbocycles. The van der Waals surface area contributed by atoms with Crippen LogP contribution in [0.4, 0.5) is 8.78 Å². The van der Waals surface area contributed by atoms with Crippen molar-refractivity contribution in [3.8, 4) is 5.69 Å². The maximum atomic E-state index is 13.3. The first-order valence-corrected chi connectivity index (χ1v) is 8.15. The van der Waals surface area contributed by atoms with Crippen LogP contribution >= 0.6 is 0 Å². The number of aliphatic hydroxyl groups is 1. The summed E-state index contributed by atoms with van der Waals surface area (Å²) in [5, 5.41) is 14.7. The number of aromatic nitrogens is 4. The highest BCUT2D eigenvalue weighted by Crippen LogP contribution is 2.17. The fourth-order valence-electron chi connectivity index (χ4n) is 2.86. The van der Waals surface area contributed by atoms with E-state index in [9.17, 15) is 18.7 Å². The van der Waals surface area contributed by atoms with Crippen molar-refractivity contribution in [2.45, 2.75) is 12.6 Å². The summed E-state index contributed by atoms with van der Waals surface area (Å²) in [5.41, 5.74) is 0.867. The second-order valence-corrected chi connectivity index (χ2v) is 6.04. The number of fused-ring (bicyclic) bond motifs is 1. The molecule has 0 amide bonds. The van der Waals surface area contributed by atoms with Crippen LogP contribution in [0.2, 0.25) is 0 Å². The van der Waals surface area contributed by atoms with Crippen molar-refractivity contribution in [3.05, 3.63) is 88.6 Å². The zero-order valence-electron chi connectivity index (χ0n) is 14.0. The first-order chi connectivity index (χ1) is 13.0. The van der Waals surface area contributed by atoms with E-state index >= 15 is 0 Å². The fourth-order valence-corrected chi connectivity index (χ4v) is 2.86. The summed E-state index contributed by atoms with van der Waals surface area (Å²) in [4.78, 5) is 16.9. The van der Waals surface area contributed by atoms with Gasteiger partial charge < -0.3 is 5.11 Å². The summed E-state index contributed by atoms with van der Waals surface area (Å²) in [6.07, 6.45) is 1.61. The molecule has 4 aromatic rings. The SMILES string of the molecule is O=c1c2cnn(-c3ccc(F)cc3)c2ncn1CC(O)c1cccc(F)c1. The number of halogens is 2. The summed E-state index contributed by atoms with van der Waals surface area (Å²) in [5.74, 6) is -0.843. The van der Waals surface area contributed by atoms with Gasteiger partial charge in [0.05, 0.1) is 24.5 Å². The number of hydrogen-bond acceptors (Lipinski definition) is 4. The Morgan fingerprint density at radius 3 is 2.59 bits per heavy atom. The van der Waals surface area contributed by atoms with Crippen molar-refractivity contribution >= 4 is 11.0 Å².